The maximum absolute atomic E-state index is 10.7. The van der Waals surface area contributed by atoms with E-state index in [0.717, 1.165) is 0 Å². The van der Waals surface area contributed by atoms with Crippen molar-refractivity contribution in [2.24, 2.45) is 11.8 Å². The van der Waals surface area contributed by atoms with Crippen molar-refractivity contribution in [2.45, 2.75) is 32.4 Å². The summed E-state index contributed by atoms with van der Waals surface area (Å²) in [6.07, 6.45) is -0.0766. The number of nitrogens with one attached hydrogen (secondary N) is 1. The Morgan fingerprint density at radius 3 is 2.29 bits per heavy atom. The van der Waals surface area contributed by atoms with Gasteiger partial charge in [0.1, 0.15) is 6.04 Å². The van der Waals surface area contributed by atoms with Gasteiger partial charge in [0.15, 0.2) is 0 Å². The minimum atomic E-state index is -0.965. The molecule has 0 aliphatic carbocycles. The summed E-state index contributed by atoms with van der Waals surface area (Å²) in [5.41, 5.74) is 0. The fraction of sp³-hybridized carbons (Fsp3) is 0.778. The van der Waals surface area contributed by atoms with Crippen molar-refractivity contribution < 1.29 is 19.8 Å². The van der Waals surface area contributed by atoms with Crippen LogP contribution in [0, 0.1) is 11.8 Å². The quantitative estimate of drug-likeness (QED) is 0.603. The summed E-state index contributed by atoms with van der Waals surface area (Å²) in [4.78, 5) is 21.2. The van der Waals surface area contributed by atoms with Crippen LogP contribution < -0.4 is 5.32 Å². The molecule has 0 bridgehead atoms. The molecule has 5 heteroatoms. The lowest BCUT2D eigenvalue weighted by molar-refractivity contribution is -0.149. The highest BCUT2D eigenvalue weighted by atomic mass is 16.4. The molecule has 0 radical (unpaired) electrons. The van der Waals surface area contributed by atoms with Crippen LogP contribution >= 0.6 is 0 Å². The summed E-state index contributed by atoms with van der Waals surface area (Å²) in [6, 6.07) is -0.689. The molecule has 1 aliphatic heterocycles. The van der Waals surface area contributed by atoms with Crippen molar-refractivity contribution in [1.29, 1.82) is 0 Å². The molecule has 1 fully saturated rings. The van der Waals surface area contributed by atoms with Gasteiger partial charge in [-0.25, -0.2) is 0 Å². The summed E-state index contributed by atoms with van der Waals surface area (Å²) >= 11 is 0. The Kier molecular flexibility index (Phi) is 3.10. The van der Waals surface area contributed by atoms with Gasteiger partial charge in [0.2, 0.25) is 0 Å². The van der Waals surface area contributed by atoms with E-state index in [9.17, 15) is 9.59 Å². The Balaban J connectivity index is 2.61. The maximum Gasteiger partial charge on any atom is 0.321 e. The lowest BCUT2D eigenvalue weighted by Crippen LogP contribution is -2.67. The molecule has 1 heterocycles. The Bertz CT molecular complexity index is 251. The first kappa shape index (κ1) is 11.0. The van der Waals surface area contributed by atoms with Gasteiger partial charge < -0.3 is 15.5 Å². The molecular weight excluding hydrogens is 186 g/mol. The van der Waals surface area contributed by atoms with Crippen LogP contribution in [0.5, 0.6) is 0 Å². The van der Waals surface area contributed by atoms with Crippen molar-refractivity contribution in [3.63, 3.8) is 0 Å². The second kappa shape index (κ2) is 3.96. The van der Waals surface area contributed by atoms with E-state index in [2.05, 4.69) is 5.32 Å². The highest BCUT2D eigenvalue weighted by Crippen LogP contribution is 2.29. The Labute approximate surface area is 82.1 Å². The molecule has 0 spiro atoms. The first-order valence-electron chi connectivity index (χ1n) is 4.64. The lowest BCUT2D eigenvalue weighted by atomic mass is 9.75. The molecule has 3 N–H and O–H groups in total. The highest BCUT2D eigenvalue weighted by Gasteiger charge is 2.46. The number of aliphatic carboxylic acids is 2. The van der Waals surface area contributed by atoms with E-state index in [1.807, 2.05) is 13.8 Å². The van der Waals surface area contributed by atoms with Crippen LogP contribution in [0.15, 0.2) is 0 Å². The van der Waals surface area contributed by atoms with Crippen LogP contribution in [-0.4, -0.2) is 34.2 Å². The third-order valence-corrected chi connectivity index (χ3v) is 2.66. The standard InChI is InChI=1S/C9H15NO4/c1-4(2)7-5(3-6(11)12)8(10-7)9(13)14/h4-5,7-8,10H,3H2,1-2H3,(H,11,12)(H,13,14)/t5-,7-,8+/m0/s1. The average molecular weight is 201 g/mol. The molecule has 0 unspecified atom stereocenters. The van der Waals surface area contributed by atoms with E-state index < -0.39 is 18.0 Å². The van der Waals surface area contributed by atoms with Gasteiger partial charge in [0.05, 0.1) is 6.42 Å². The van der Waals surface area contributed by atoms with Gasteiger partial charge in [0, 0.05) is 12.0 Å². The molecule has 1 rings (SSSR count). The molecule has 0 saturated carbocycles. The topological polar surface area (TPSA) is 86.6 Å². The van der Waals surface area contributed by atoms with E-state index in [1.165, 1.54) is 0 Å². The minimum absolute atomic E-state index is 0.00667. The van der Waals surface area contributed by atoms with Crippen molar-refractivity contribution in [2.75, 3.05) is 0 Å². The minimum Gasteiger partial charge on any atom is -0.481 e. The van der Waals surface area contributed by atoms with Gasteiger partial charge in [-0.05, 0) is 5.92 Å². The average Bonchev–Trinajstić information content (AvgIpc) is 1.96. The Morgan fingerprint density at radius 1 is 1.36 bits per heavy atom. The molecule has 80 valence electrons. The summed E-state index contributed by atoms with van der Waals surface area (Å²) in [7, 11) is 0. The first-order valence-corrected chi connectivity index (χ1v) is 4.64. The molecule has 0 aromatic heterocycles. The van der Waals surface area contributed by atoms with Crippen LogP contribution in [0.4, 0.5) is 0 Å². The van der Waals surface area contributed by atoms with Gasteiger partial charge >= 0.3 is 11.9 Å². The number of rotatable bonds is 4. The molecule has 1 saturated heterocycles. The predicted molar refractivity (Wildman–Crippen MR) is 48.9 cm³/mol. The van der Waals surface area contributed by atoms with Gasteiger partial charge in [-0.1, -0.05) is 13.8 Å². The molecule has 0 aromatic rings. The molecule has 3 atom stereocenters. The van der Waals surface area contributed by atoms with Gasteiger partial charge in [-0.3, -0.25) is 9.59 Å². The molecule has 1 aliphatic rings. The summed E-state index contributed by atoms with van der Waals surface area (Å²) < 4.78 is 0. The smallest absolute Gasteiger partial charge is 0.321 e. The molecule has 5 nitrogen and oxygen atoms in total. The number of hydrogen-bond donors (Lipinski definition) is 3. The second-order valence-electron chi connectivity index (χ2n) is 4.01. The van der Waals surface area contributed by atoms with Crippen molar-refractivity contribution >= 4 is 11.9 Å². The van der Waals surface area contributed by atoms with E-state index in [4.69, 9.17) is 10.2 Å². The maximum atomic E-state index is 10.7. The number of hydrogen-bond acceptors (Lipinski definition) is 3. The molecule has 0 amide bonds. The van der Waals surface area contributed by atoms with E-state index in [0.29, 0.717) is 0 Å². The van der Waals surface area contributed by atoms with Crippen molar-refractivity contribution in [1.82, 2.24) is 5.32 Å². The molecule has 0 aromatic carbocycles. The van der Waals surface area contributed by atoms with Crippen molar-refractivity contribution in [3.8, 4) is 0 Å². The van der Waals surface area contributed by atoms with E-state index in [-0.39, 0.29) is 24.3 Å². The Hall–Kier alpha value is -1.10. The first-order chi connectivity index (χ1) is 6.43. The van der Waals surface area contributed by atoms with Crippen LogP contribution in [0.3, 0.4) is 0 Å². The molecule has 14 heavy (non-hydrogen) atoms. The van der Waals surface area contributed by atoms with Crippen LogP contribution in [0.25, 0.3) is 0 Å². The lowest BCUT2D eigenvalue weighted by Gasteiger charge is -2.45. The highest BCUT2D eigenvalue weighted by molar-refractivity contribution is 5.77. The van der Waals surface area contributed by atoms with Gasteiger partial charge in [0.25, 0.3) is 0 Å². The van der Waals surface area contributed by atoms with Crippen LogP contribution in [0.2, 0.25) is 0 Å². The monoisotopic (exact) mass is 201 g/mol. The van der Waals surface area contributed by atoms with E-state index in [1.54, 1.807) is 0 Å². The fourth-order valence-corrected chi connectivity index (χ4v) is 1.93. The largest absolute Gasteiger partial charge is 0.481 e. The number of carbonyl (C=O) groups is 2. The third kappa shape index (κ3) is 2.04. The fourth-order valence-electron chi connectivity index (χ4n) is 1.93. The zero-order valence-corrected chi connectivity index (χ0v) is 8.23. The number of carboxylic acid groups (broad SMARTS) is 2. The summed E-state index contributed by atoms with van der Waals surface area (Å²) in [6.45, 7) is 3.90. The SMILES string of the molecule is CC(C)[C@@H]1N[C@@H](C(=O)O)[C@H]1CC(=O)O. The number of carboxylic acids is 2. The second-order valence-corrected chi connectivity index (χ2v) is 4.01. The van der Waals surface area contributed by atoms with E-state index >= 15 is 0 Å². The van der Waals surface area contributed by atoms with Gasteiger partial charge in [-0.2, -0.15) is 0 Å². The third-order valence-electron chi connectivity index (χ3n) is 2.66. The van der Waals surface area contributed by atoms with Crippen LogP contribution in [-0.2, 0) is 9.59 Å². The van der Waals surface area contributed by atoms with Crippen molar-refractivity contribution in [3.05, 3.63) is 0 Å². The normalized spacial score (nSPS) is 31.2. The zero-order valence-electron chi connectivity index (χ0n) is 8.23. The summed E-state index contributed by atoms with van der Waals surface area (Å²) in [5, 5.41) is 20.3. The van der Waals surface area contributed by atoms with Gasteiger partial charge in [-0.15, -0.1) is 0 Å². The zero-order chi connectivity index (χ0) is 10.9. The summed E-state index contributed by atoms with van der Waals surface area (Å²) in [5.74, 6) is -1.93. The van der Waals surface area contributed by atoms with Crippen LogP contribution in [0.1, 0.15) is 20.3 Å². The molecular formula is C9H15NO4. The Morgan fingerprint density at radius 2 is 1.93 bits per heavy atom. The predicted octanol–water partition coefficient (Wildman–Crippen LogP) is 0.158.